The Balaban J connectivity index is 1.76. The van der Waals surface area contributed by atoms with Crippen molar-refractivity contribution in [2.24, 2.45) is 0 Å². The van der Waals surface area contributed by atoms with E-state index in [9.17, 15) is 9.18 Å². The van der Waals surface area contributed by atoms with Crippen LogP contribution in [0.4, 0.5) is 4.39 Å². The lowest BCUT2D eigenvalue weighted by atomic mass is 10.1. The highest BCUT2D eigenvalue weighted by Gasteiger charge is 2.20. The number of nitrogens with one attached hydrogen (secondary N) is 2. The van der Waals surface area contributed by atoms with Crippen LogP contribution in [0.25, 0.3) is 5.69 Å². The number of nitrogens with zero attached hydrogens (tertiary/aromatic N) is 3. The van der Waals surface area contributed by atoms with E-state index in [2.05, 4.69) is 20.7 Å². The van der Waals surface area contributed by atoms with E-state index in [1.54, 1.807) is 19.1 Å². The summed E-state index contributed by atoms with van der Waals surface area (Å²) < 4.78 is 14.5. The first-order valence-electron chi connectivity index (χ1n) is 7.34. The van der Waals surface area contributed by atoms with Gasteiger partial charge >= 0.3 is 0 Å². The van der Waals surface area contributed by atoms with Gasteiger partial charge < -0.3 is 10.6 Å². The summed E-state index contributed by atoms with van der Waals surface area (Å²) in [6, 6.07) is 6.01. The number of benzene rings is 1. The Bertz CT molecular complexity index is 661. The quantitative estimate of drug-likeness (QED) is 0.893. The van der Waals surface area contributed by atoms with E-state index in [0.29, 0.717) is 11.5 Å². The van der Waals surface area contributed by atoms with Gasteiger partial charge in [-0.2, -0.15) is 0 Å². The lowest BCUT2D eigenvalue weighted by Gasteiger charge is -2.23. The minimum Gasteiger partial charge on any atom is -0.345 e. The fraction of sp³-hybridized carbons (Fsp3) is 0.400. The summed E-state index contributed by atoms with van der Waals surface area (Å²) in [4.78, 5) is 16.4. The maximum Gasteiger partial charge on any atom is 0.291 e. The Hall–Kier alpha value is -2.28. The summed E-state index contributed by atoms with van der Waals surface area (Å²) in [5.41, 5.74) is 0.671. The normalized spacial score (nSPS) is 18.2. The molecule has 116 valence electrons. The molecule has 7 heteroatoms. The maximum absolute atomic E-state index is 13.0. The van der Waals surface area contributed by atoms with Gasteiger partial charge in [-0.1, -0.05) is 0 Å². The van der Waals surface area contributed by atoms with Gasteiger partial charge in [-0.05, 0) is 50.6 Å². The maximum atomic E-state index is 13.0. The largest absolute Gasteiger partial charge is 0.345 e. The molecule has 1 aliphatic heterocycles. The van der Waals surface area contributed by atoms with E-state index in [-0.39, 0.29) is 23.6 Å². The average molecular weight is 303 g/mol. The smallest absolute Gasteiger partial charge is 0.291 e. The molecule has 22 heavy (non-hydrogen) atoms. The molecule has 0 bridgehead atoms. The molecule has 1 aromatic carbocycles. The number of amides is 1. The summed E-state index contributed by atoms with van der Waals surface area (Å²) in [6.45, 7) is 3.52. The molecule has 0 aliphatic carbocycles. The Morgan fingerprint density at radius 2 is 2.18 bits per heavy atom. The summed E-state index contributed by atoms with van der Waals surface area (Å²) in [5, 5.41) is 10.4. The van der Waals surface area contributed by atoms with Crippen LogP contribution in [0.2, 0.25) is 0 Å². The first kappa shape index (κ1) is 14.6. The van der Waals surface area contributed by atoms with Crippen LogP contribution in [-0.2, 0) is 0 Å². The Labute approximate surface area is 127 Å². The number of hydrogen-bond donors (Lipinski definition) is 2. The Morgan fingerprint density at radius 3 is 2.86 bits per heavy atom. The topological polar surface area (TPSA) is 71.8 Å². The molecule has 6 nitrogen and oxygen atoms in total. The number of carbonyl (C=O) groups excluding carboxylic acids is 1. The van der Waals surface area contributed by atoms with Crippen LogP contribution in [-0.4, -0.2) is 39.8 Å². The zero-order valence-electron chi connectivity index (χ0n) is 12.3. The monoisotopic (exact) mass is 303 g/mol. The highest BCUT2D eigenvalue weighted by molar-refractivity contribution is 5.90. The van der Waals surface area contributed by atoms with Crippen LogP contribution in [0.3, 0.4) is 0 Å². The predicted octanol–water partition coefficient (Wildman–Crippen LogP) is 1.20. The molecule has 0 saturated carbocycles. The molecule has 1 amide bonds. The van der Waals surface area contributed by atoms with Crippen molar-refractivity contribution < 1.29 is 9.18 Å². The third-order valence-corrected chi connectivity index (χ3v) is 3.68. The molecular formula is C15H18FN5O. The fourth-order valence-corrected chi connectivity index (χ4v) is 2.54. The van der Waals surface area contributed by atoms with E-state index in [1.807, 2.05) is 0 Å². The van der Waals surface area contributed by atoms with Crippen LogP contribution in [0.15, 0.2) is 24.3 Å². The first-order chi connectivity index (χ1) is 10.6. The van der Waals surface area contributed by atoms with Crippen molar-refractivity contribution in [3.05, 3.63) is 41.7 Å². The lowest BCUT2D eigenvalue weighted by Crippen LogP contribution is -2.45. The number of hydrogen-bond acceptors (Lipinski definition) is 4. The van der Waals surface area contributed by atoms with Crippen molar-refractivity contribution >= 4 is 5.91 Å². The number of halogens is 1. The molecule has 2 aromatic rings. The second-order valence-electron chi connectivity index (χ2n) is 5.39. The van der Waals surface area contributed by atoms with Gasteiger partial charge in [0.15, 0.2) is 0 Å². The van der Waals surface area contributed by atoms with Gasteiger partial charge in [0.25, 0.3) is 5.91 Å². The molecule has 2 heterocycles. The second kappa shape index (κ2) is 6.23. The molecule has 3 rings (SSSR count). The third kappa shape index (κ3) is 3.14. The molecule has 0 spiro atoms. The molecule has 1 saturated heterocycles. The zero-order chi connectivity index (χ0) is 15.5. The molecule has 1 aliphatic rings. The van der Waals surface area contributed by atoms with Crippen LogP contribution in [0.1, 0.15) is 29.3 Å². The third-order valence-electron chi connectivity index (χ3n) is 3.68. The minimum absolute atomic E-state index is 0.110. The molecule has 0 unspecified atom stereocenters. The van der Waals surface area contributed by atoms with Crippen molar-refractivity contribution in [3.8, 4) is 5.69 Å². The van der Waals surface area contributed by atoms with Crippen molar-refractivity contribution in [1.29, 1.82) is 0 Å². The van der Waals surface area contributed by atoms with Gasteiger partial charge in [-0.3, -0.25) is 4.79 Å². The van der Waals surface area contributed by atoms with Crippen LogP contribution < -0.4 is 10.6 Å². The van der Waals surface area contributed by atoms with Gasteiger partial charge in [-0.15, -0.1) is 5.10 Å². The first-order valence-corrected chi connectivity index (χ1v) is 7.34. The second-order valence-corrected chi connectivity index (χ2v) is 5.39. The standard InChI is InChI=1S/C15H18FN5O/c1-10-18-14(15(22)19-12-3-2-8-17-9-12)20-21(10)13-6-4-11(16)5-7-13/h4-7,12,17H,2-3,8-9H2,1H3,(H,19,22)/t12-/m0/s1. The molecular weight excluding hydrogens is 285 g/mol. The molecule has 1 aromatic heterocycles. The number of aromatic nitrogens is 3. The van der Waals surface area contributed by atoms with Crippen molar-refractivity contribution in [2.45, 2.75) is 25.8 Å². The molecule has 0 radical (unpaired) electrons. The minimum atomic E-state index is -0.315. The van der Waals surface area contributed by atoms with E-state index in [0.717, 1.165) is 25.9 Å². The summed E-state index contributed by atoms with van der Waals surface area (Å²) in [7, 11) is 0. The van der Waals surface area contributed by atoms with E-state index in [4.69, 9.17) is 0 Å². The van der Waals surface area contributed by atoms with Gasteiger partial charge in [0.2, 0.25) is 5.82 Å². The highest BCUT2D eigenvalue weighted by Crippen LogP contribution is 2.11. The SMILES string of the molecule is Cc1nc(C(=O)N[C@H]2CCCNC2)nn1-c1ccc(F)cc1. The number of aryl methyl sites for hydroxylation is 1. The van der Waals surface area contributed by atoms with Crippen LogP contribution >= 0.6 is 0 Å². The average Bonchev–Trinajstić information content (AvgIpc) is 2.91. The Kier molecular flexibility index (Phi) is 4.15. The molecule has 1 atom stereocenters. The molecule has 1 fully saturated rings. The van der Waals surface area contributed by atoms with Crippen molar-refractivity contribution in [1.82, 2.24) is 25.4 Å². The number of carbonyl (C=O) groups is 1. The van der Waals surface area contributed by atoms with E-state index in [1.165, 1.54) is 16.8 Å². The van der Waals surface area contributed by atoms with Crippen molar-refractivity contribution in [3.63, 3.8) is 0 Å². The van der Waals surface area contributed by atoms with Crippen LogP contribution in [0.5, 0.6) is 0 Å². The fourth-order valence-electron chi connectivity index (χ4n) is 2.54. The summed E-state index contributed by atoms with van der Waals surface area (Å²) in [6.07, 6.45) is 2.00. The zero-order valence-corrected chi connectivity index (χ0v) is 12.3. The van der Waals surface area contributed by atoms with Gasteiger partial charge in [0, 0.05) is 12.6 Å². The predicted molar refractivity (Wildman–Crippen MR) is 79.4 cm³/mol. The number of rotatable bonds is 3. The number of piperidine rings is 1. The highest BCUT2D eigenvalue weighted by atomic mass is 19.1. The van der Waals surface area contributed by atoms with Gasteiger partial charge in [-0.25, -0.2) is 14.1 Å². The lowest BCUT2D eigenvalue weighted by molar-refractivity contribution is 0.0920. The van der Waals surface area contributed by atoms with Gasteiger partial charge in [0.1, 0.15) is 11.6 Å². The van der Waals surface area contributed by atoms with Crippen LogP contribution in [0, 0.1) is 12.7 Å². The molecule has 2 N–H and O–H groups in total. The summed E-state index contributed by atoms with van der Waals surface area (Å²) >= 11 is 0. The summed E-state index contributed by atoms with van der Waals surface area (Å²) in [5.74, 6) is 0.118. The van der Waals surface area contributed by atoms with E-state index < -0.39 is 0 Å². The van der Waals surface area contributed by atoms with E-state index >= 15 is 0 Å². The van der Waals surface area contributed by atoms with Gasteiger partial charge in [0.05, 0.1) is 5.69 Å². The van der Waals surface area contributed by atoms with Crippen molar-refractivity contribution in [2.75, 3.05) is 13.1 Å². The Morgan fingerprint density at radius 1 is 1.41 bits per heavy atom.